The standard InChI is InChI=1S/C19H28N4O2/c1-15-18(19(24-3)22(2)21-15)12-20-11-17-14-23(9-10-25-17)13-16-7-5-4-6-8-16/h4-8,17,20H,9-14H2,1-3H3/t17-/m1/s1. The second-order valence-corrected chi connectivity index (χ2v) is 6.54. The van der Waals surface area contributed by atoms with Gasteiger partial charge in [0.05, 0.1) is 31.1 Å². The van der Waals surface area contributed by atoms with Crippen molar-refractivity contribution in [1.82, 2.24) is 20.0 Å². The van der Waals surface area contributed by atoms with Crippen LogP contribution in [0.25, 0.3) is 0 Å². The molecular formula is C19H28N4O2. The number of aromatic nitrogens is 2. The van der Waals surface area contributed by atoms with E-state index in [4.69, 9.17) is 9.47 Å². The van der Waals surface area contributed by atoms with Crippen LogP contribution in [0.4, 0.5) is 0 Å². The Morgan fingerprint density at radius 1 is 1.32 bits per heavy atom. The molecule has 0 bridgehead atoms. The summed E-state index contributed by atoms with van der Waals surface area (Å²) in [6, 6.07) is 10.6. The molecule has 2 aromatic rings. The summed E-state index contributed by atoms with van der Waals surface area (Å²) in [6.45, 7) is 7.28. The predicted molar refractivity (Wildman–Crippen MR) is 97.7 cm³/mol. The third-order valence-corrected chi connectivity index (χ3v) is 4.63. The van der Waals surface area contributed by atoms with E-state index in [1.807, 2.05) is 14.0 Å². The van der Waals surface area contributed by atoms with Crippen molar-refractivity contribution in [3.8, 4) is 5.88 Å². The van der Waals surface area contributed by atoms with Crippen molar-refractivity contribution in [2.24, 2.45) is 7.05 Å². The molecule has 1 aromatic heterocycles. The molecule has 1 aliphatic heterocycles. The summed E-state index contributed by atoms with van der Waals surface area (Å²) in [5.74, 6) is 0.820. The Labute approximate surface area is 149 Å². The normalized spacial score (nSPS) is 18.4. The molecule has 0 amide bonds. The van der Waals surface area contributed by atoms with Gasteiger partial charge in [0.15, 0.2) is 0 Å². The molecule has 1 aliphatic rings. The van der Waals surface area contributed by atoms with Crippen molar-refractivity contribution in [2.45, 2.75) is 26.1 Å². The maximum atomic E-state index is 5.92. The second kappa shape index (κ2) is 8.47. The van der Waals surface area contributed by atoms with Crippen LogP contribution < -0.4 is 10.1 Å². The molecular weight excluding hydrogens is 316 g/mol. The van der Waals surface area contributed by atoms with Gasteiger partial charge in [0.25, 0.3) is 0 Å². The number of methoxy groups -OCH3 is 1. The van der Waals surface area contributed by atoms with E-state index in [0.29, 0.717) is 0 Å². The Bertz CT molecular complexity index is 672. The smallest absolute Gasteiger partial charge is 0.216 e. The molecule has 0 spiro atoms. The lowest BCUT2D eigenvalue weighted by Crippen LogP contribution is -2.46. The quantitative estimate of drug-likeness (QED) is 0.829. The van der Waals surface area contributed by atoms with Crippen molar-refractivity contribution in [3.05, 3.63) is 47.2 Å². The van der Waals surface area contributed by atoms with Crippen LogP contribution in [0.15, 0.2) is 30.3 Å². The van der Waals surface area contributed by atoms with E-state index in [1.165, 1.54) is 5.56 Å². The van der Waals surface area contributed by atoms with Crippen LogP contribution >= 0.6 is 0 Å². The van der Waals surface area contributed by atoms with Crippen LogP contribution in [0.5, 0.6) is 5.88 Å². The van der Waals surface area contributed by atoms with Crippen molar-refractivity contribution in [3.63, 3.8) is 0 Å². The zero-order valence-electron chi connectivity index (χ0n) is 15.4. The molecule has 1 aromatic carbocycles. The minimum atomic E-state index is 0.209. The van der Waals surface area contributed by atoms with E-state index in [-0.39, 0.29) is 6.10 Å². The minimum Gasteiger partial charge on any atom is -0.481 e. The zero-order valence-corrected chi connectivity index (χ0v) is 15.4. The predicted octanol–water partition coefficient (Wildman–Crippen LogP) is 1.73. The lowest BCUT2D eigenvalue weighted by Gasteiger charge is -2.33. The highest BCUT2D eigenvalue weighted by molar-refractivity contribution is 5.30. The SMILES string of the molecule is COc1c(CNC[C@@H]2CN(Cc3ccccc3)CCO2)c(C)nn1C. The van der Waals surface area contributed by atoms with Crippen molar-refractivity contribution >= 4 is 0 Å². The molecule has 1 fully saturated rings. The fourth-order valence-electron chi connectivity index (χ4n) is 3.39. The lowest BCUT2D eigenvalue weighted by molar-refractivity contribution is -0.0300. The third kappa shape index (κ3) is 4.60. The summed E-state index contributed by atoms with van der Waals surface area (Å²) in [6.07, 6.45) is 0.209. The maximum absolute atomic E-state index is 5.92. The molecule has 1 saturated heterocycles. The van der Waals surface area contributed by atoms with E-state index < -0.39 is 0 Å². The van der Waals surface area contributed by atoms with Crippen molar-refractivity contribution < 1.29 is 9.47 Å². The van der Waals surface area contributed by atoms with Gasteiger partial charge in [0.1, 0.15) is 0 Å². The molecule has 6 heteroatoms. The monoisotopic (exact) mass is 344 g/mol. The number of morpholine rings is 1. The summed E-state index contributed by atoms with van der Waals surface area (Å²) in [5, 5.41) is 7.92. The molecule has 0 aliphatic carbocycles. The molecule has 0 radical (unpaired) electrons. The molecule has 2 heterocycles. The van der Waals surface area contributed by atoms with Crippen LogP contribution in [0.1, 0.15) is 16.8 Å². The average Bonchev–Trinajstić information content (AvgIpc) is 2.89. The van der Waals surface area contributed by atoms with Gasteiger partial charge in [-0.25, -0.2) is 4.68 Å². The molecule has 136 valence electrons. The maximum Gasteiger partial charge on any atom is 0.216 e. The van der Waals surface area contributed by atoms with Crippen LogP contribution in [-0.4, -0.2) is 54.1 Å². The van der Waals surface area contributed by atoms with E-state index >= 15 is 0 Å². The fraction of sp³-hybridized carbons (Fsp3) is 0.526. The fourth-order valence-corrected chi connectivity index (χ4v) is 3.39. The summed E-state index contributed by atoms with van der Waals surface area (Å²) in [5.41, 5.74) is 3.47. The molecule has 6 nitrogen and oxygen atoms in total. The third-order valence-electron chi connectivity index (χ3n) is 4.63. The first kappa shape index (κ1) is 17.9. The van der Waals surface area contributed by atoms with Crippen molar-refractivity contribution in [2.75, 3.05) is 33.4 Å². The topological polar surface area (TPSA) is 51.6 Å². The summed E-state index contributed by atoms with van der Waals surface area (Å²) < 4.78 is 13.1. The summed E-state index contributed by atoms with van der Waals surface area (Å²) >= 11 is 0. The van der Waals surface area contributed by atoms with Crippen LogP contribution in [0.2, 0.25) is 0 Å². The first-order chi connectivity index (χ1) is 12.2. The minimum absolute atomic E-state index is 0.209. The van der Waals surface area contributed by atoms with Gasteiger partial charge in [0.2, 0.25) is 5.88 Å². The number of rotatable bonds is 7. The largest absolute Gasteiger partial charge is 0.481 e. The highest BCUT2D eigenvalue weighted by atomic mass is 16.5. The highest BCUT2D eigenvalue weighted by Crippen LogP contribution is 2.20. The molecule has 0 unspecified atom stereocenters. The first-order valence-electron chi connectivity index (χ1n) is 8.82. The van der Waals surface area contributed by atoms with E-state index in [1.54, 1.807) is 11.8 Å². The Kier molecular flexibility index (Phi) is 6.07. The van der Waals surface area contributed by atoms with Gasteiger partial charge in [-0.05, 0) is 12.5 Å². The summed E-state index contributed by atoms with van der Waals surface area (Å²) in [7, 11) is 3.59. The van der Waals surface area contributed by atoms with Gasteiger partial charge in [-0.1, -0.05) is 30.3 Å². The summed E-state index contributed by atoms with van der Waals surface area (Å²) in [4.78, 5) is 2.46. The zero-order chi connectivity index (χ0) is 17.6. The van der Waals surface area contributed by atoms with E-state index in [0.717, 1.165) is 56.5 Å². The number of aryl methyl sites for hydroxylation is 2. The van der Waals surface area contributed by atoms with Gasteiger partial charge in [-0.15, -0.1) is 0 Å². The van der Waals surface area contributed by atoms with Gasteiger partial charge in [-0.3, -0.25) is 4.90 Å². The Balaban J connectivity index is 1.48. The second-order valence-electron chi connectivity index (χ2n) is 6.54. The van der Waals surface area contributed by atoms with Gasteiger partial charge in [-0.2, -0.15) is 5.10 Å². The molecule has 1 N–H and O–H groups in total. The first-order valence-corrected chi connectivity index (χ1v) is 8.82. The van der Waals surface area contributed by atoms with Gasteiger partial charge >= 0.3 is 0 Å². The van der Waals surface area contributed by atoms with Gasteiger partial charge in [0, 0.05) is 39.8 Å². The Morgan fingerprint density at radius 3 is 2.88 bits per heavy atom. The number of hydrogen-bond acceptors (Lipinski definition) is 5. The van der Waals surface area contributed by atoms with Crippen LogP contribution in [-0.2, 0) is 24.9 Å². The number of hydrogen-bond donors (Lipinski definition) is 1. The van der Waals surface area contributed by atoms with Crippen LogP contribution in [0, 0.1) is 6.92 Å². The van der Waals surface area contributed by atoms with E-state index in [2.05, 4.69) is 45.6 Å². The number of nitrogens with one attached hydrogen (secondary N) is 1. The Hall–Kier alpha value is -1.89. The molecule has 25 heavy (non-hydrogen) atoms. The van der Waals surface area contributed by atoms with Crippen molar-refractivity contribution in [1.29, 1.82) is 0 Å². The lowest BCUT2D eigenvalue weighted by atomic mass is 10.2. The van der Waals surface area contributed by atoms with Crippen LogP contribution in [0.3, 0.4) is 0 Å². The number of nitrogens with zero attached hydrogens (tertiary/aromatic N) is 3. The molecule has 0 saturated carbocycles. The Morgan fingerprint density at radius 2 is 2.12 bits per heavy atom. The number of ether oxygens (including phenoxy) is 2. The average molecular weight is 344 g/mol. The van der Waals surface area contributed by atoms with E-state index in [9.17, 15) is 0 Å². The molecule has 1 atom stereocenters. The highest BCUT2D eigenvalue weighted by Gasteiger charge is 2.21. The molecule has 3 rings (SSSR count). The van der Waals surface area contributed by atoms with Gasteiger partial charge < -0.3 is 14.8 Å². The number of benzene rings is 1.